The monoisotopic (exact) mass is 524 g/mol. The van der Waals surface area contributed by atoms with Crippen molar-refractivity contribution in [3.63, 3.8) is 0 Å². The Morgan fingerprint density at radius 2 is 1.78 bits per heavy atom. The van der Waals surface area contributed by atoms with Crippen molar-refractivity contribution >= 4 is 17.4 Å². The van der Waals surface area contributed by atoms with Gasteiger partial charge in [-0.2, -0.15) is 13.2 Å². The van der Waals surface area contributed by atoms with E-state index in [1.165, 1.54) is 34.8 Å². The highest BCUT2D eigenvalue weighted by atomic mass is 19.4. The van der Waals surface area contributed by atoms with Gasteiger partial charge in [-0.1, -0.05) is 19.4 Å². The first-order valence-corrected chi connectivity index (χ1v) is 12.0. The number of nitrogens with two attached hydrogens (primary N) is 2. The first-order chi connectivity index (χ1) is 17.3. The standard InChI is InChI=1S/C23H31F3N6O.C2H4O2/c1-3-7-16-8-11-20(33)32(14-16)15-19(30(2)28)21(27)17-9-10-18(22(29-17)23(24,25)26)31-12-5-4-6-13-31;1-2(3)4/h8-11,14H,3-7,12-13,15,27-28H2,1-2H3;1H3,(H,3,4)/b21-19-;. The van der Waals surface area contributed by atoms with Crippen molar-refractivity contribution in [2.24, 2.45) is 11.6 Å². The predicted octanol–water partition coefficient (Wildman–Crippen LogP) is 3.43. The molecule has 204 valence electrons. The lowest BCUT2D eigenvalue weighted by Crippen LogP contribution is -2.33. The summed E-state index contributed by atoms with van der Waals surface area (Å²) < 4.78 is 43.1. The lowest BCUT2D eigenvalue weighted by molar-refractivity contribution is -0.140. The molecule has 0 atom stereocenters. The van der Waals surface area contributed by atoms with E-state index >= 15 is 0 Å². The number of rotatable bonds is 7. The fourth-order valence-electron chi connectivity index (χ4n) is 4.04. The molecule has 1 saturated heterocycles. The zero-order valence-electron chi connectivity index (χ0n) is 21.4. The summed E-state index contributed by atoms with van der Waals surface area (Å²) in [6.45, 7) is 4.24. The van der Waals surface area contributed by atoms with Crippen LogP contribution in [0, 0.1) is 0 Å². The largest absolute Gasteiger partial charge is 0.481 e. The minimum atomic E-state index is -4.64. The van der Waals surface area contributed by atoms with Gasteiger partial charge in [-0.15, -0.1) is 0 Å². The summed E-state index contributed by atoms with van der Waals surface area (Å²) in [4.78, 5) is 27.0. The SMILES string of the molecule is CC(=O)O.CCCc1ccc(=O)n(C/C(=C(/N)c2ccc(N3CCCCC3)c(C(F)(F)F)n2)N(C)N)c1. The normalized spacial score (nSPS) is 14.4. The Labute approximate surface area is 214 Å². The van der Waals surface area contributed by atoms with Crippen molar-refractivity contribution < 1.29 is 23.1 Å². The molecule has 12 heteroatoms. The van der Waals surface area contributed by atoms with E-state index < -0.39 is 17.8 Å². The van der Waals surface area contributed by atoms with Gasteiger partial charge in [-0.05, 0) is 43.4 Å². The molecule has 2 aromatic heterocycles. The van der Waals surface area contributed by atoms with E-state index in [9.17, 15) is 18.0 Å². The number of aryl methyl sites for hydroxylation is 1. The van der Waals surface area contributed by atoms with Gasteiger partial charge in [0.05, 0.1) is 29.3 Å². The van der Waals surface area contributed by atoms with Crippen LogP contribution < -0.4 is 22.0 Å². The van der Waals surface area contributed by atoms with Crippen LogP contribution in [0.15, 0.2) is 41.0 Å². The number of pyridine rings is 2. The van der Waals surface area contributed by atoms with Gasteiger partial charge in [-0.3, -0.25) is 9.59 Å². The van der Waals surface area contributed by atoms with Crippen molar-refractivity contribution in [3.8, 4) is 0 Å². The minimum Gasteiger partial charge on any atom is -0.481 e. The van der Waals surface area contributed by atoms with Gasteiger partial charge in [0.2, 0.25) is 0 Å². The Kier molecular flexibility index (Phi) is 10.5. The van der Waals surface area contributed by atoms with Crippen LogP contribution in [0.5, 0.6) is 0 Å². The number of carboxylic acid groups (broad SMARTS) is 1. The van der Waals surface area contributed by atoms with Crippen LogP contribution in [0.2, 0.25) is 0 Å². The fraction of sp³-hybridized carbons (Fsp3) is 0.480. The number of likely N-dealkylation sites (N-methyl/N-ethyl adjacent to an activating group) is 1. The second-order valence-corrected chi connectivity index (χ2v) is 8.85. The lowest BCUT2D eigenvalue weighted by atomic mass is 10.1. The molecule has 3 heterocycles. The smallest absolute Gasteiger partial charge is 0.435 e. The topological polar surface area (TPSA) is 131 Å². The first-order valence-electron chi connectivity index (χ1n) is 12.0. The zero-order valence-corrected chi connectivity index (χ0v) is 21.4. The summed E-state index contributed by atoms with van der Waals surface area (Å²) in [6, 6.07) is 6.13. The molecule has 0 aromatic carbocycles. The van der Waals surface area contributed by atoms with Crippen molar-refractivity contribution in [1.29, 1.82) is 0 Å². The number of allylic oxidation sites excluding steroid dienone is 1. The molecule has 1 fully saturated rings. The summed E-state index contributed by atoms with van der Waals surface area (Å²) >= 11 is 0. The van der Waals surface area contributed by atoms with E-state index in [4.69, 9.17) is 21.5 Å². The van der Waals surface area contributed by atoms with E-state index in [0.717, 1.165) is 44.6 Å². The van der Waals surface area contributed by atoms with Gasteiger partial charge >= 0.3 is 6.18 Å². The van der Waals surface area contributed by atoms with Crippen molar-refractivity contribution in [2.45, 2.75) is 58.7 Å². The second kappa shape index (κ2) is 13.1. The quantitative estimate of drug-likeness (QED) is 0.371. The number of carbonyl (C=O) groups is 1. The number of nitrogens with zero attached hydrogens (tertiary/aromatic N) is 4. The van der Waals surface area contributed by atoms with E-state index in [1.54, 1.807) is 17.2 Å². The minimum absolute atomic E-state index is 0.00608. The van der Waals surface area contributed by atoms with Gasteiger partial charge < -0.3 is 25.3 Å². The lowest BCUT2D eigenvalue weighted by Gasteiger charge is -2.31. The molecule has 0 aliphatic carbocycles. The molecule has 1 aliphatic rings. The molecular weight excluding hydrogens is 489 g/mol. The Hall–Kier alpha value is -3.54. The van der Waals surface area contributed by atoms with Crippen LogP contribution in [0.4, 0.5) is 18.9 Å². The van der Waals surface area contributed by atoms with Crippen LogP contribution in [0.1, 0.15) is 56.5 Å². The van der Waals surface area contributed by atoms with Crippen LogP contribution in [-0.4, -0.2) is 45.8 Å². The number of alkyl halides is 3. The molecule has 0 saturated carbocycles. The second-order valence-electron chi connectivity index (χ2n) is 8.85. The molecule has 2 aromatic rings. The number of hydrogen-bond acceptors (Lipinski definition) is 7. The summed E-state index contributed by atoms with van der Waals surface area (Å²) in [7, 11) is 1.52. The number of anilines is 1. The highest BCUT2D eigenvalue weighted by Crippen LogP contribution is 2.37. The number of hydrogen-bond donors (Lipinski definition) is 3. The van der Waals surface area contributed by atoms with E-state index in [1.807, 2.05) is 6.92 Å². The van der Waals surface area contributed by atoms with Crippen molar-refractivity contribution in [3.05, 3.63) is 63.5 Å². The summed E-state index contributed by atoms with van der Waals surface area (Å²) in [6.07, 6.45) is 1.48. The molecule has 0 spiro atoms. The van der Waals surface area contributed by atoms with Gasteiger partial charge in [0.15, 0.2) is 5.69 Å². The maximum atomic E-state index is 13.9. The molecule has 37 heavy (non-hydrogen) atoms. The Morgan fingerprint density at radius 3 is 2.32 bits per heavy atom. The molecule has 0 radical (unpaired) electrons. The number of halogens is 3. The van der Waals surface area contributed by atoms with E-state index in [-0.39, 0.29) is 34.9 Å². The molecular formula is C25H35F3N6O3. The molecule has 5 N–H and O–H groups in total. The van der Waals surface area contributed by atoms with Crippen LogP contribution in [-0.2, 0) is 23.9 Å². The Balaban J connectivity index is 0.00000112. The predicted molar refractivity (Wildman–Crippen MR) is 136 cm³/mol. The van der Waals surface area contributed by atoms with Crippen molar-refractivity contribution in [1.82, 2.24) is 14.6 Å². The van der Waals surface area contributed by atoms with Gasteiger partial charge in [0.25, 0.3) is 11.5 Å². The third-order valence-corrected chi connectivity index (χ3v) is 5.76. The maximum absolute atomic E-state index is 13.9. The molecule has 1 aliphatic heterocycles. The van der Waals surface area contributed by atoms with Crippen LogP contribution in [0.25, 0.3) is 5.70 Å². The number of aliphatic carboxylic acids is 1. The zero-order chi connectivity index (χ0) is 27.8. The summed E-state index contributed by atoms with van der Waals surface area (Å²) in [5.41, 5.74) is 6.32. The van der Waals surface area contributed by atoms with Gasteiger partial charge in [-0.25, -0.2) is 10.8 Å². The fourth-order valence-corrected chi connectivity index (χ4v) is 4.04. The highest BCUT2D eigenvalue weighted by molar-refractivity contribution is 5.65. The third kappa shape index (κ3) is 8.52. The van der Waals surface area contributed by atoms with Crippen molar-refractivity contribution in [2.75, 3.05) is 25.0 Å². The number of carboxylic acids is 1. The molecule has 0 unspecified atom stereocenters. The van der Waals surface area contributed by atoms with Crippen LogP contribution >= 0.6 is 0 Å². The first kappa shape index (κ1) is 29.7. The highest BCUT2D eigenvalue weighted by Gasteiger charge is 2.37. The van der Waals surface area contributed by atoms with E-state index in [2.05, 4.69) is 4.98 Å². The molecule has 3 rings (SSSR count). The molecule has 9 nitrogen and oxygen atoms in total. The van der Waals surface area contributed by atoms with Gasteiger partial charge in [0.1, 0.15) is 0 Å². The van der Waals surface area contributed by atoms with E-state index in [0.29, 0.717) is 13.1 Å². The number of hydrazine groups is 1. The third-order valence-electron chi connectivity index (χ3n) is 5.76. The van der Waals surface area contributed by atoms with Gasteiger partial charge in [0, 0.05) is 39.3 Å². The Morgan fingerprint density at radius 1 is 1.16 bits per heavy atom. The molecule has 0 amide bonds. The maximum Gasteiger partial charge on any atom is 0.435 e. The average Bonchev–Trinajstić information content (AvgIpc) is 2.83. The average molecular weight is 525 g/mol. The van der Waals surface area contributed by atoms with Crippen LogP contribution in [0.3, 0.4) is 0 Å². The Bertz CT molecular complexity index is 1150. The summed E-state index contributed by atoms with van der Waals surface area (Å²) in [5, 5.41) is 8.63. The number of aromatic nitrogens is 2. The molecule has 0 bridgehead atoms. The number of piperidine rings is 1. The summed E-state index contributed by atoms with van der Waals surface area (Å²) in [5.74, 6) is 5.13.